The molecule has 0 spiro atoms. The van der Waals surface area contributed by atoms with E-state index in [9.17, 15) is 9.59 Å². The van der Waals surface area contributed by atoms with Gasteiger partial charge in [-0.25, -0.2) is 9.78 Å². The van der Waals surface area contributed by atoms with Gasteiger partial charge in [0.15, 0.2) is 6.61 Å². The van der Waals surface area contributed by atoms with E-state index in [2.05, 4.69) is 10.3 Å². The number of fused-ring (bicyclic) bond motifs is 1. The number of esters is 1. The van der Waals surface area contributed by atoms with Crippen molar-refractivity contribution in [2.75, 3.05) is 11.9 Å². The van der Waals surface area contributed by atoms with Crippen LogP contribution in [0.4, 0.5) is 5.69 Å². The Morgan fingerprint density at radius 2 is 1.96 bits per heavy atom. The number of thiazole rings is 1. The third kappa shape index (κ3) is 4.55. The van der Waals surface area contributed by atoms with Crippen LogP contribution in [0.2, 0.25) is 0 Å². The van der Waals surface area contributed by atoms with Crippen molar-refractivity contribution in [1.29, 1.82) is 0 Å². The Hall–Kier alpha value is -2.99. The molecule has 26 heavy (non-hydrogen) atoms. The number of anilines is 1. The summed E-state index contributed by atoms with van der Waals surface area (Å²) in [4.78, 5) is 28.1. The third-order valence-electron chi connectivity index (χ3n) is 3.81. The molecule has 1 heterocycles. The van der Waals surface area contributed by atoms with E-state index in [0.717, 1.165) is 21.3 Å². The molecule has 0 radical (unpaired) electrons. The molecule has 0 bridgehead atoms. The number of benzene rings is 2. The Bertz CT molecular complexity index is 959. The second-order valence-corrected chi connectivity index (χ2v) is 6.87. The van der Waals surface area contributed by atoms with Crippen LogP contribution in [0.3, 0.4) is 0 Å². The average molecular weight is 366 g/mol. The van der Waals surface area contributed by atoms with Gasteiger partial charge in [0.1, 0.15) is 5.01 Å². The molecule has 0 saturated carbocycles. The van der Waals surface area contributed by atoms with Crippen molar-refractivity contribution in [1.82, 2.24) is 4.98 Å². The highest BCUT2D eigenvalue weighted by Crippen LogP contribution is 2.22. The van der Waals surface area contributed by atoms with Crippen molar-refractivity contribution in [2.45, 2.75) is 13.8 Å². The Balaban J connectivity index is 1.51. The van der Waals surface area contributed by atoms with E-state index in [1.165, 1.54) is 17.4 Å². The van der Waals surface area contributed by atoms with E-state index in [-0.39, 0.29) is 12.5 Å². The fourth-order valence-corrected chi connectivity index (χ4v) is 3.17. The van der Waals surface area contributed by atoms with Crippen molar-refractivity contribution in [3.8, 4) is 0 Å². The molecule has 3 aromatic rings. The van der Waals surface area contributed by atoms with Crippen molar-refractivity contribution < 1.29 is 14.3 Å². The van der Waals surface area contributed by atoms with Crippen LogP contribution in [-0.4, -0.2) is 23.5 Å². The predicted octanol–water partition coefficient (Wildman–Crippen LogP) is 4.11. The van der Waals surface area contributed by atoms with E-state index < -0.39 is 5.97 Å². The van der Waals surface area contributed by atoms with Gasteiger partial charge < -0.3 is 10.1 Å². The van der Waals surface area contributed by atoms with Crippen molar-refractivity contribution in [3.63, 3.8) is 0 Å². The predicted molar refractivity (Wildman–Crippen MR) is 104 cm³/mol. The van der Waals surface area contributed by atoms with Crippen LogP contribution in [0, 0.1) is 13.8 Å². The van der Waals surface area contributed by atoms with Crippen LogP contribution in [0.5, 0.6) is 0 Å². The van der Waals surface area contributed by atoms with Gasteiger partial charge in [0.25, 0.3) is 5.91 Å². The van der Waals surface area contributed by atoms with Crippen LogP contribution in [0.15, 0.2) is 48.5 Å². The first-order chi connectivity index (χ1) is 12.5. The average Bonchev–Trinajstić information content (AvgIpc) is 3.04. The number of aryl methyl sites for hydroxylation is 2. The first-order valence-electron chi connectivity index (χ1n) is 8.09. The zero-order valence-electron chi connectivity index (χ0n) is 14.5. The molecule has 1 aromatic heterocycles. The first-order valence-corrected chi connectivity index (χ1v) is 8.90. The van der Waals surface area contributed by atoms with Crippen LogP contribution in [0.1, 0.15) is 16.1 Å². The number of amides is 1. The minimum absolute atomic E-state index is 0.337. The molecule has 6 heteroatoms. The number of para-hydroxylation sites is 1. The second-order valence-electron chi connectivity index (χ2n) is 5.81. The summed E-state index contributed by atoms with van der Waals surface area (Å²) in [6.45, 7) is 3.63. The number of nitrogens with one attached hydrogen (secondary N) is 1. The molecule has 0 aliphatic heterocycles. The largest absolute Gasteiger partial charge is 0.452 e. The number of hydrogen-bond donors (Lipinski definition) is 1. The zero-order valence-corrected chi connectivity index (χ0v) is 15.3. The fourth-order valence-electron chi connectivity index (χ4n) is 2.30. The quantitative estimate of drug-likeness (QED) is 0.545. The smallest absolute Gasteiger partial charge is 0.331 e. The number of carbonyl (C=O) groups is 2. The molecule has 5 nitrogen and oxygen atoms in total. The normalized spacial score (nSPS) is 11.0. The Morgan fingerprint density at radius 1 is 1.15 bits per heavy atom. The van der Waals surface area contributed by atoms with E-state index in [4.69, 9.17) is 4.74 Å². The molecule has 2 aromatic carbocycles. The summed E-state index contributed by atoms with van der Waals surface area (Å²) in [6.07, 6.45) is 2.87. The highest BCUT2D eigenvalue weighted by Gasteiger charge is 2.07. The Kier molecular flexibility index (Phi) is 5.43. The zero-order chi connectivity index (χ0) is 18.5. The second kappa shape index (κ2) is 7.93. The topological polar surface area (TPSA) is 68.3 Å². The standard InChI is InChI=1S/C20H18N2O3S/c1-13-7-8-15(11-14(13)2)21-18(23)12-25-20(24)10-9-19-22-16-5-3-4-6-17(16)26-19/h3-11H,12H2,1-2H3,(H,21,23)/b10-9+. The number of rotatable bonds is 5. The van der Waals surface area contributed by atoms with Gasteiger partial charge in [0.2, 0.25) is 0 Å². The summed E-state index contributed by atoms with van der Waals surface area (Å²) >= 11 is 1.48. The number of aromatic nitrogens is 1. The number of carbonyl (C=O) groups excluding carboxylic acids is 2. The Morgan fingerprint density at radius 3 is 2.73 bits per heavy atom. The molecule has 132 valence electrons. The lowest BCUT2D eigenvalue weighted by Gasteiger charge is -2.07. The first kappa shape index (κ1) is 17.8. The van der Waals surface area contributed by atoms with Gasteiger partial charge in [0, 0.05) is 11.8 Å². The third-order valence-corrected chi connectivity index (χ3v) is 4.81. The molecule has 1 N–H and O–H groups in total. The van der Waals surface area contributed by atoms with E-state index in [1.54, 1.807) is 6.08 Å². The van der Waals surface area contributed by atoms with Gasteiger partial charge in [-0.05, 0) is 55.3 Å². The highest BCUT2D eigenvalue weighted by molar-refractivity contribution is 7.19. The molecule has 0 unspecified atom stereocenters. The number of nitrogens with zero attached hydrogens (tertiary/aromatic N) is 1. The minimum Gasteiger partial charge on any atom is -0.452 e. The van der Waals surface area contributed by atoms with Gasteiger partial charge in [-0.2, -0.15) is 0 Å². The van der Waals surface area contributed by atoms with Gasteiger partial charge in [-0.1, -0.05) is 18.2 Å². The summed E-state index contributed by atoms with van der Waals surface area (Å²) in [7, 11) is 0. The fraction of sp³-hybridized carbons (Fsp3) is 0.150. The molecule has 3 rings (SSSR count). The number of ether oxygens (including phenoxy) is 1. The van der Waals surface area contributed by atoms with Crippen molar-refractivity contribution in [2.24, 2.45) is 0 Å². The van der Waals surface area contributed by atoms with Gasteiger partial charge in [0.05, 0.1) is 10.2 Å². The lowest BCUT2D eigenvalue weighted by molar-refractivity contribution is -0.142. The molecule has 0 aliphatic rings. The monoisotopic (exact) mass is 366 g/mol. The highest BCUT2D eigenvalue weighted by atomic mass is 32.1. The van der Waals surface area contributed by atoms with Gasteiger partial charge in [-0.15, -0.1) is 11.3 Å². The van der Waals surface area contributed by atoms with Crippen molar-refractivity contribution in [3.05, 3.63) is 64.7 Å². The molecule has 0 aliphatic carbocycles. The molecular formula is C20H18N2O3S. The molecule has 0 atom stereocenters. The van der Waals surface area contributed by atoms with E-state index in [1.807, 2.05) is 56.3 Å². The van der Waals surface area contributed by atoms with Crippen LogP contribution in [0.25, 0.3) is 16.3 Å². The van der Waals surface area contributed by atoms with E-state index >= 15 is 0 Å². The summed E-state index contributed by atoms with van der Waals surface area (Å²) in [5, 5.41) is 3.42. The van der Waals surface area contributed by atoms with Gasteiger partial charge >= 0.3 is 5.97 Å². The lowest BCUT2D eigenvalue weighted by Crippen LogP contribution is -2.20. The van der Waals surface area contributed by atoms with Crippen LogP contribution < -0.4 is 5.32 Å². The summed E-state index contributed by atoms with van der Waals surface area (Å²) < 4.78 is 6.01. The van der Waals surface area contributed by atoms with Crippen molar-refractivity contribution >= 4 is 45.2 Å². The molecular weight excluding hydrogens is 348 g/mol. The maximum atomic E-state index is 11.9. The number of hydrogen-bond acceptors (Lipinski definition) is 5. The minimum atomic E-state index is -0.584. The van der Waals surface area contributed by atoms with E-state index in [0.29, 0.717) is 10.7 Å². The summed E-state index contributed by atoms with van der Waals surface area (Å²) in [5.41, 5.74) is 3.80. The summed E-state index contributed by atoms with van der Waals surface area (Å²) in [6, 6.07) is 13.4. The van der Waals surface area contributed by atoms with Crippen LogP contribution >= 0.6 is 11.3 Å². The molecule has 0 saturated heterocycles. The Labute approximate surface area is 155 Å². The summed E-state index contributed by atoms with van der Waals surface area (Å²) in [5.74, 6) is -0.963. The SMILES string of the molecule is Cc1ccc(NC(=O)COC(=O)/C=C/c2nc3ccccc3s2)cc1C. The van der Waals surface area contributed by atoms with Crippen LogP contribution in [-0.2, 0) is 14.3 Å². The maximum Gasteiger partial charge on any atom is 0.331 e. The molecule has 0 fully saturated rings. The molecule has 1 amide bonds. The lowest BCUT2D eigenvalue weighted by atomic mass is 10.1. The van der Waals surface area contributed by atoms with Gasteiger partial charge in [-0.3, -0.25) is 4.79 Å². The maximum absolute atomic E-state index is 11.9.